The number of rotatable bonds is 6. The van der Waals surface area contributed by atoms with Gasteiger partial charge in [-0.1, -0.05) is 6.07 Å². The lowest BCUT2D eigenvalue weighted by Gasteiger charge is -2.16. The van der Waals surface area contributed by atoms with Gasteiger partial charge in [0.2, 0.25) is 5.28 Å². The molecule has 1 amide bonds. The van der Waals surface area contributed by atoms with E-state index < -0.39 is 30.4 Å². The maximum atomic E-state index is 12.0. The van der Waals surface area contributed by atoms with Crippen LogP contribution in [0.15, 0.2) is 22.9 Å². The molecule has 1 aliphatic heterocycles. The number of aliphatic hydroxyl groups excluding tert-OH is 2. The van der Waals surface area contributed by atoms with Crippen LogP contribution in [0.5, 0.6) is 0 Å². The largest absolute Gasteiger partial charge is 0.423 e. The van der Waals surface area contributed by atoms with Crippen LogP contribution in [0.3, 0.4) is 0 Å². The first-order valence-electron chi connectivity index (χ1n) is 11.1. The van der Waals surface area contributed by atoms with Gasteiger partial charge >= 0.3 is 0 Å². The zero-order chi connectivity index (χ0) is 25.7. The van der Waals surface area contributed by atoms with E-state index in [-0.39, 0.29) is 10.9 Å². The Labute approximate surface area is 210 Å². The number of hydrogen-bond acceptors (Lipinski definition) is 11. The smallest absolute Gasteiger partial charge is 0.297 e. The van der Waals surface area contributed by atoms with Gasteiger partial charge in [-0.05, 0) is 35.7 Å². The zero-order valence-corrected chi connectivity index (χ0v) is 20.7. The molecule has 1 aliphatic rings. The number of carbonyl (C=O) groups is 1. The van der Waals surface area contributed by atoms with Gasteiger partial charge in [0.15, 0.2) is 34.9 Å². The Morgan fingerprint density at radius 2 is 2.00 bits per heavy atom. The predicted octanol–water partition coefficient (Wildman–Crippen LogP) is 0.973. The van der Waals surface area contributed by atoms with Crippen molar-refractivity contribution in [3.63, 3.8) is 0 Å². The molecule has 190 valence electrons. The fraction of sp³-hybridized carbons (Fsp3) is 0.409. The number of imidazole rings is 1. The number of aromatic nitrogens is 5. The van der Waals surface area contributed by atoms with Crippen molar-refractivity contribution in [3.8, 4) is 0 Å². The monoisotopic (exact) mass is 516 g/mol. The Hall–Kier alpha value is -3.52. The minimum Gasteiger partial charge on any atom is -0.423 e. The molecule has 4 aromatic rings. The number of likely N-dealkylation sites (N-methyl/N-ethyl adjacent to an activating group) is 1. The highest BCUT2D eigenvalue weighted by molar-refractivity contribution is 6.28. The molecule has 1 saturated heterocycles. The third-order valence-electron chi connectivity index (χ3n) is 5.98. The molecule has 0 aliphatic carbocycles. The molecule has 0 saturated carbocycles. The van der Waals surface area contributed by atoms with Gasteiger partial charge in [-0.15, -0.1) is 0 Å². The van der Waals surface area contributed by atoms with E-state index in [2.05, 4.69) is 30.6 Å². The van der Waals surface area contributed by atoms with E-state index >= 15 is 0 Å². The molecule has 0 bridgehead atoms. The Balaban J connectivity index is 1.43. The van der Waals surface area contributed by atoms with Crippen LogP contribution in [0, 0.1) is 6.92 Å². The van der Waals surface area contributed by atoms with Gasteiger partial charge in [0.1, 0.15) is 17.7 Å². The van der Waals surface area contributed by atoms with Gasteiger partial charge in [-0.3, -0.25) is 9.36 Å². The first-order valence-corrected chi connectivity index (χ1v) is 11.5. The molecule has 4 N–H and O–H groups in total. The first-order chi connectivity index (χ1) is 17.2. The number of hydrogen-bond donors (Lipinski definition) is 4. The number of halogens is 1. The van der Waals surface area contributed by atoms with Crippen molar-refractivity contribution in [1.29, 1.82) is 0 Å². The van der Waals surface area contributed by atoms with Gasteiger partial charge in [0.05, 0.1) is 6.33 Å². The second-order valence-corrected chi connectivity index (χ2v) is 9.05. The second-order valence-electron chi connectivity index (χ2n) is 8.71. The summed E-state index contributed by atoms with van der Waals surface area (Å²) in [5.41, 5.74) is 3.99. The van der Waals surface area contributed by atoms with Crippen molar-refractivity contribution >= 4 is 51.6 Å². The van der Waals surface area contributed by atoms with Crippen LogP contribution >= 0.6 is 11.6 Å². The van der Waals surface area contributed by atoms with Gasteiger partial charge in [0, 0.05) is 27.7 Å². The number of aliphatic hydroxyl groups is 2. The minimum atomic E-state index is -1.43. The van der Waals surface area contributed by atoms with Crippen molar-refractivity contribution in [3.05, 3.63) is 34.9 Å². The third kappa shape index (κ3) is 4.09. The molecule has 4 atom stereocenters. The average molecular weight is 517 g/mol. The summed E-state index contributed by atoms with van der Waals surface area (Å²) in [5.74, 6) is -0.188. The fourth-order valence-electron chi connectivity index (χ4n) is 4.19. The summed E-state index contributed by atoms with van der Waals surface area (Å²) >= 11 is 6.20. The van der Waals surface area contributed by atoms with E-state index in [0.717, 1.165) is 22.2 Å². The zero-order valence-electron chi connectivity index (χ0n) is 19.9. The molecule has 1 aromatic carbocycles. The lowest BCUT2D eigenvalue weighted by atomic mass is 10.1. The highest BCUT2D eigenvalue weighted by Crippen LogP contribution is 2.33. The van der Waals surface area contributed by atoms with Crippen molar-refractivity contribution in [2.24, 2.45) is 0 Å². The summed E-state index contributed by atoms with van der Waals surface area (Å²) in [5, 5.41) is 26.4. The number of amides is 1. The predicted molar refractivity (Wildman–Crippen MR) is 131 cm³/mol. The lowest BCUT2D eigenvalue weighted by molar-refractivity contribution is -0.137. The van der Waals surface area contributed by atoms with Gasteiger partial charge < -0.3 is 34.9 Å². The lowest BCUT2D eigenvalue weighted by Crippen LogP contribution is -2.41. The molecule has 13 nitrogen and oxygen atoms in total. The normalized spacial score (nSPS) is 21.9. The van der Waals surface area contributed by atoms with Gasteiger partial charge in [0.25, 0.3) is 11.9 Å². The van der Waals surface area contributed by atoms with E-state index in [1.165, 1.54) is 17.9 Å². The van der Waals surface area contributed by atoms with Crippen LogP contribution < -0.4 is 15.5 Å². The number of nitrogens with one attached hydrogen (secondary N) is 2. The summed E-state index contributed by atoms with van der Waals surface area (Å²) in [7, 11) is 5.14. The summed E-state index contributed by atoms with van der Waals surface area (Å²) in [6.07, 6.45) is -3.77. The van der Waals surface area contributed by atoms with Crippen molar-refractivity contribution in [1.82, 2.24) is 29.8 Å². The number of anilines is 2. The second kappa shape index (κ2) is 9.17. The quantitative estimate of drug-likeness (QED) is 0.270. The maximum Gasteiger partial charge on any atom is 0.297 e. The molecule has 5 rings (SSSR count). The number of carbonyl (C=O) groups excluding carboxylic acids is 1. The number of ether oxygens (including phenoxy) is 1. The van der Waals surface area contributed by atoms with Gasteiger partial charge in [-0.25, -0.2) is 4.98 Å². The Kier molecular flexibility index (Phi) is 6.16. The van der Waals surface area contributed by atoms with Crippen molar-refractivity contribution in [2.75, 3.05) is 31.4 Å². The molecule has 3 aromatic heterocycles. The highest BCUT2D eigenvalue weighted by atomic mass is 35.5. The molecule has 14 heteroatoms. The number of fused-ring (bicyclic) bond motifs is 2. The Morgan fingerprint density at radius 3 is 2.72 bits per heavy atom. The number of oxazole rings is 1. The molecular weight excluding hydrogens is 492 g/mol. The molecule has 0 spiro atoms. The highest BCUT2D eigenvalue weighted by Gasteiger charge is 2.47. The van der Waals surface area contributed by atoms with E-state index in [9.17, 15) is 15.0 Å². The Morgan fingerprint density at radius 1 is 1.22 bits per heavy atom. The molecule has 1 fully saturated rings. The van der Waals surface area contributed by atoms with Crippen LogP contribution in [0.25, 0.3) is 22.3 Å². The van der Waals surface area contributed by atoms with Gasteiger partial charge in [-0.2, -0.15) is 15.0 Å². The summed E-state index contributed by atoms with van der Waals surface area (Å²) < 4.78 is 12.9. The molecule has 0 unspecified atom stereocenters. The summed E-state index contributed by atoms with van der Waals surface area (Å²) in [6.45, 7) is 2.33. The topological polar surface area (TPSA) is 164 Å². The van der Waals surface area contributed by atoms with E-state index in [1.807, 2.05) is 33.2 Å². The standard InChI is InChI=1S/C22H25ClN8O5/c1-9-5-10(6-11-15(9)36-22(27-11)30(3)4)7-25-17-12-18(29-21(23)28-17)31(8-26-12)20-14(33)13(32)16(35-20)19(34)24-2/h5-6,8,13-14,16,20,32-33H,7H2,1-4H3,(H,24,34)(H,25,28,29)/t13-,14+,16-,20+/m0/s1. The van der Waals surface area contributed by atoms with Crippen molar-refractivity contribution in [2.45, 2.75) is 38.0 Å². The molecule has 0 radical (unpaired) electrons. The fourth-order valence-corrected chi connectivity index (χ4v) is 4.35. The van der Waals surface area contributed by atoms with E-state index in [0.29, 0.717) is 23.9 Å². The average Bonchev–Trinajstić information content (AvgIpc) is 3.54. The number of nitrogens with zero attached hydrogens (tertiary/aromatic N) is 6. The third-order valence-corrected chi connectivity index (χ3v) is 6.15. The summed E-state index contributed by atoms with van der Waals surface area (Å²) in [6, 6.07) is 4.43. The van der Waals surface area contributed by atoms with Crippen molar-refractivity contribution < 1.29 is 24.2 Å². The van der Waals surface area contributed by atoms with Crippen LogP contribution in [-0.4, -0.2) is 80.1 Å². The SMILES string of the molecule is CNC(=O)[C@H]1O[C@@H](n2cnc3c(NCc4cc(C)c5oc(N(C)C)nc5c4)nc(Cl)nc32)[C@H](O)[C@@H]1O. The minimum absolute atomic E-state index is 0.0543. The molecule has 4 heterocycles. The molecule has 36 heavy (non-hydrogen) atoms. The van der Waals surface area contributed by atoms with E-state index in [4.69, 9.17) is 20.8 Å². The van der Waals surface area contributed by atoms with Crippen LogP contribution in [0.1, 0.15) is 17.4 Å². The molecular formula is C22H25ClN8O5. The maximum absolute atomic E-state index is 12.0. The number of benzene rings is 1. The Bertz CT molecular complexity index is 1450. The van der Waals surface area contributed by atoms with Crippen LogP contribution in [0.2, 0.25) is 5.28 Å². The number of aryl methyl sites for hydroxylation is 1. The first kappa shape index (κ1) is 24.2. The summed E-state index contributed by atoms with van der Waals surface area (Å²) in [4.78, 5) is 31.2. The van der Waals surface area contributed by atoms with Crippen LogP contribution in [0.4, 0.5) is 11.8 Å². The van der Waals surface area contributed by atoms with Crippen LogP contribution in [-0.2, 0) is 16.1 Å². The van der Waals surface area contributed by atoms with E-state index in [1.54, 1.807) is 4.90 Å².